The van der Waals surface area contributed by atoms with E-state index < -0.39 is 0 Å². The average Bonchev–Trinajstić information content (AvgIpc) is 2.53. The Morgan fingerprint density at radius 1 is 0.955 bits per heavy atom. The lowest BCUT2D eigenvalue weighted by molar-refractivity contribution is 0.274. The third-order valence-electron chi connectivity index (χ3n) is 3.27. The molecule has 118 valence electrons. The van der Waals surface area contributed by atoms with Crippen LogP contribution in [0.2, 0.25) is 0 Å². The molecule has 0 saturated carbocycles. The highest BCUT2D eigenvalue weighted by atomic mass is 31.0. The summed E-state index contributed by atoms with van der Waals surface area (Å²) in [7, 11) is 5.66. The Morgan fingerprint density at radius 2 is 1.45 bits per heavy atom. The largest absolute Gasteiger partial charge is 0.481 e. The van der Waals surface area contributed by atoms with Gasteiger partial charge in [0.2, 0.25) is 11.8 Å². The summed E-state index contributed by atoms with van der Waals surface area (Å²) in [6.45, 7) is 1.57. The van der Waals surface area contributed by atoms with Crippen LogP contribution >= 0.6 is 9.24 Å². The van der Waals surface area contributed by atoms with Crippen LogP contribution in [0.1, 0.15) is 17.0 Å². The van der Waals surface area contributed by atoms with E-state index in [9.17, 15) is 10.2 Å². The molecular weight excluding hydrogens is 303 g/mol. The second-order valence-electron chi connectivity index (χ2n) is 4.72. The lowest BCUT2D eigenvalue weighted by Gasteiger charge is -2.17. The number of nitrogens with zero attached hydrogens (tertiary/aromatic N) is 2. The van der Waals surface area contributed by atoms with Gasteiger partial charge in [-0.15, -0.1) is 9.24 Å². The molecule has 2 aromatic heterocycles. The van der Waals surface area contributed by atoms with E-state index in [0.29, 0.717) is 23.1 Å². The van der Waals surface area contributed by atoms with Crippen LogP contribution in [0.25, 0.3) is 11.1 Å². The Hall–Kier alpha value is -1.75. The molecular formula is C15H19N2O4P. The van der Waals surface area contributed by atoms with Gasteiger partial charge in [0, 0.05) is 0 Å². The molecule has 6 nitrogen and oxygen atoms in total. The van der Waals surface area contributed by atoms with Gasteiger partial charge < -0.3 is 19.7 Å². The van der Waals surface area contributed by atoms with Crippen molar-refractivity contribution in [3.63, 3.8) is 0 Å². The maximum absolute atomic E-state index is 9.28. The number of aliphatic hydroxyl groups excluding tert-OH is 2. The number of aliphatic hydroxyl groups is 2. The fraction of sp³-hybridized carbons (Fsp3) is 0.333. The minimum absolute atomic E-state index is 0.163. The predicted molar refractivity (Wildman–Crippen MR) is 86.5 cm³/mol. The monoisotopic (exact) mass is 322 g/mol. The van der Waals surface area contributed by atoms with Crippen molar-refractivity contribution in [1.29, 1.82) is 0 Å². The molecule has 0 spiro atoms. The van der Waals surface area contributed by atoms with E-state index in [-0.39, 0.29) is 13.2 Å². The molecule has 0 bridgehead atoms. The van der Waals surface area contributed by atoms with Crippen LogP contribution in [0.15, 0.2) is 12.1 Å². The summed E-state index contributed by atoms with van der Waals surface area (Å²) in [6.07, 6.45) is 0. The molecule has 2 rings (SSSR count). The van der Waals surface area contributed by atoms with E-state index in [0.717, 1.165) is 22.0 Å². The smallest absolute Gasteiger partial charge is 0.222 e. The molecule has 0 aromatic carbocycles. The van der Waals surface area contributed by atoms with Crippen LogP contribution in [0, 0.1) is 6.92 Å². The summed E-state index contributed by atoms with van der Waals surface area (Å²) >= 11 is 0. The molecule has 0 radical (unpaired) electrons. The molecule has 0 aliphatic heterocycles. The van der Waals surface area contributed by atoms with E-state index >= 15 is 0 Å². The average molecular weight is 322 g/mol. The van der Waals surface area contributed by atoms with Crippen molar-refractivity contribution in [3.05, 3.63) is 29.1 Å². The summed E-state index contributed by atoms with van der Waals surface area (Å²) in [5.41, 5.74) is 3.41. The van der Waals surface area contributed by atoms with Crippen molar-refractivity contribution < 1.29 is 19.7 Å². The first-order valence-corrected chi connectivity index (χ1v) is 7.23. The molecule has 0 aliphatic rings. The first-order chi connectivity index (χ1) is 10.5. The van der Waals surface area contributed by atoms with E-state index in [4.69, 9.17) is 9.47 Å². The zero-order valence-corrected chi connectivity index (χ0v) is 13.9. The van der Waals surface area contributed by atoms with Crippen LogP contribution in [0.4, 0.5) is 0 Å². The van der Waals surface area contributed by atoms with Crippen molar-refractivity contribution in [2.45, 2.75) is 20.1 Å². The summed E-state index contributed by atoms with van der Waals surface area (Å²) in [4.78, 5) is 8.58. The first-order valence-electron chi connectivity index (χ1n) is 6.65. The van der Waals surface area contributed by atoms with Gasteiger partial charge in [0.15, 0.2) is 0 Å². The van der Waals surface area contributed by atoms with Gasteiger partial charge in [0.05, 0.1) is 49.9 Å². The van der Waals surface area contributed by atoms with Crippen LogP contribution in [-0.2, 0) is 13.2 Å². The number of hydrogen-bond donors (Lipinski definition) is 2. The number of rotatable bonds is 5. The van der Waals surface area contributed by atoms with Gasteiger partial charge in [-0.05, 0) is 29.9 Å². The molecule has 1 unspecified atom stereocenters. The van der Waals surface area contributed by atoms with Crippen LogP contribution < -0.4 is 14.8 Å². The highest BCUT2D eigenvalue weighted by molar-refractivity contribution is 7.28. The van der Waals surface area contributed by atoms with Crippen molar-refractivity contribution in [1.82, 2.24) is 9.97 Å². The maximum atomic E-state index is 9.28. The standard InChI is InChI=1S/C15H19N2O4P/c1-8-4-9(6-18)16-14(20-2)12(8)13-11(22)5-10(7-19)17-15(13)21-3/h4-5,18-19H,6-7,22H2,1-3H3. The summed E-state index contributed by atoms with van der Waals surface area (Å²) in [5, 5.41) is 19.4. The van der Waals surface area contributed by atoms with Gasteiger partial charge in [0.1, 0.15) is 0 Å². The topological polar surface area (TPSA) is 84.7 Å². The van der Waals surface area contributed by atoms with Crippen molar-refractivity contribution in [2.75, 3.05) is 14.2 Å². The van der Waals surface area contributed by atoms with Gasteiger partial charge in [-0.1, -0.05) is 0 Å². The van der Waals surface area contributed by atoms with Crippen molar-refractivity contribution in [2.24, 2.45) is 0 Å². The maximum Gasteiger partial charge on any atom is 0.222 e. The Balaban J connectivity index is 2.76. The van der Waals surface area contributed by atoms with Crippen LogP contribution in [0.5, 0.6) is 11.8 Å². The van der Waals surface area contributed by atoms with Crippen molar-refractivity contribution >= 4 is 14.5 Å². The van der Waals surface area contributed by atoms with Gasteiger partial charge in [-0.25, -0.2) is 9.97 Å². The molecule has 7 heteroatoms. The molecule has 1 atom stereocenters. The molecule has 0 amide bonds. The SMILES string of the molecule is COc1nc(CO)cc(C)c1-c1c(P)cc(CO)nc1OC. The third-order valence-corrected chi connectivity index (χ3v) is 3.72. The van der Waals surface area contributed by atoms with E-state index in [2.05, 4.69) is 19.2 Å². The van der Waals surface area contributed by atoms with Gasteiger partial charge in [0.25, 0.3) is 0 Å². The van der Waals surface area contributed by atoms with Gasteiger partial charge in [-0.2, -0.15) is 0 Å². The number of aryl methyl sites for hydroxylation is 1. The molecule has 22 heavy (non-hydrogen) atoms. The lowest BCUT2D eigenvalue weighted by atomic mass is 10.0. The summed E-state index contributed by atoms with van der Waals surface area (Å²) < 4.78 is 10.7. The Bertz CT molecular complexity index is 632. The normalized spacial score (nSPS) is 10.6. The molecule has 0 saturated heterocycles. The minimum atomic E-state index is -0.171. The number of pyridine rings is 2. The quantitative estimate of drug-likeness (QED) is 0.798. The Labute approximate surface area is 131 Å². The molecule has 0 aliphatic carbocycles. The lowest BCUT2D eigenvalue weighted by Crippen LogP contribution is -2.09. The second-order valence-corrected chi connectivity index (χ2v) is 5.34. The minimum Gasteiger partial charge on any atom is -0.481 e. The van der Waals surface area contributed by atoms with E-state index in [1.165, 1.54) is 14.2 Å². The number of methoxy groups -OCH3 is 2. The van der Waals surface area contributed by atoms with Gasteiger partial charge in [-0.3, -0.25) is 0 Å². The fourth-order valence-corrected chi connectivity index (χ4v) is 2.78. The summed E-state index contributed by atoms with van der Waals surface area (Å²) in [5.74, 6) is 0.779. The van der Waals surface area contributed by atoms with Gasteiger partial charge >= 0.3 is 0 Å². The van der Waals surface area contributed by atoms with E-state index in [1.807, 2.05) is 6.92 Å². The highest BCUT2D eigenvalue weighted by Crippen LogP contribution is 2.37. The molecule has 2 heterocycles. The summed E-state index contributed by atoms with van der Waals surface area (Å²) in [6, 6.07) is 3.56. The molecule has 0 fully saturated rings. The van der Waals surface area contributed by atoms with E-state index in [1.54, 1.807) is 12.1 Å². The number of aromatic nitrogens is 2. The second kappa shape index (κ2) is 7.01. The predicted octanol–water partition coefficient (Wildman–Crippen LogP) is 0.954. The van der Waals surface area contributed by atoms with Crippen molar-refractivity contribution in [3.8, 4) is 22.9 Å². The zero-order valence-electron chi connectivity index (χ0n) is 12.8. The first kappa shape index (κ1) is 16.6. The Kier molecular flexibility index (Phi) is 5.29. The highest BCUT2D eigenvalue weighted by Gasteiger charge is 2.20. The number of hydrogen-bond acceptors (Lipinski definition) is 6. The fourth-order valence-electron chi connectivity index (χ4n) is 2.32. The third kappa shape index (κ3) is 3.04. The molecule has 2 N–H and O–H groups in total. The van der Waals surface area contributed by atoms with Crippen LogP contribution in [0.3, 0.4) is 0 Å². The zero-order chi connectivity index (χ0) is 16.3. The Morgan fingerprint density at radius 3 is 1.95 bits per heavy atom. The number of ether oxygens (including phenoxy) is 2. The van der Waals surface area contributed by atoms with Crippen LogP contribution in [-0.4, -0.2) is 34.4 Å². The molecule has 2 aromatic rings.